The van der Waals surface area contributed by atoms with Gasteiger partial charge in [0.15, 0.2) is 5.58 Å². The van der Waals surface area contributed by atoms with Crippen molar-refractivity contribution in [2.75, 3.05) is 19.7 Å². The highest BCUT2D eigenvalue weighted by Gasteiger charge is 2.27. The third-order valence-corrected chi connectivity index (χ3v) is 4.77. The number of para-hydroxylation sites is 2. The standard InChI is InChI=1S/C20H26N2O5/c1-2-26-19(24)11-13-21(14-15-9-10-15)18(23)8-5-12-22-16-6-3-4-7-17(16)27-20(22)25/h3-4,6-7,15H,2,5,8-14H2,1H3. The fourth-order valence-electron chi connectivity index (χ4n) is 3.16. The van der Waals surface area contributed by atoms with Crippen molar-refractivity contribution in [3.05, 3.63) is 34.8 Å². The van der Waals surface area contributed by atoms with Crippen LogP contribution in [0, 0.1) is 5.92 Å². The topological polar surface area (TPSA) is 81.8 Å². The Labute approximate surface area is 157 Å². The number of amides is 1. The van der Waals surface area contributed by atoms with Crippen LogP contribution in [0.15, 0.2) is 33.5 Å². The van der Waals surface area contributed by atoms with Crippen LogP contribution in [0.25, 0.3) is 11.1 Å². The number of hydrogen-bond acceptors (Lipinski definition) is 5. The van der Waals surface area contributed by atoms with Crippen LogP contribution in [0.5, 0.6) is 0 Å². The number of fused-ring (bicyclic) bond motifs is 1. The molecule has 1 aliphatic rings. The summed E-state index contributed by atoms with van der Waals surface area (Å²) < 4.78 is 11.7. The zero-order valence-corrected chi connectivity index (χ0v) is 15.7. The summed E-state index contributed by atoms with van der Waals surface area (Å²) in [5, 5.41) is 0. The van der Waals surface area contributed by atoms with Crippen molar-refractivity contribution in [3.8, 4) is 0 Å². The molecule has 1 fully saturated rings. The van der Waals surface area contributed by atoms with Gasteiger partial charge in [0.2, 0.25) is 5.91 Å². The molecule has 0 unspecified atom stereocenters. The lowest BCUT2D eigenvalue weighted by molar-refractivity contribution is -0.144. The molecule has 1 aromatic heterocycles. The van der Waals surface area contributed by atoms with Crippen molar-refractivity contribution in [2.45, 2.75) is 45.6 Å². The van der Waals surface area contributed by atoms with Crippen LogP contribution in [0.2, 0.25) is 0 Å². The van der Waals surface area contributed by atoms with Crippen molar-refractivity contribution in [1.29, 1.82) is 0 Å². The number of benzene rings is 1. The molecule has 1 aromatic carbocycles. The van der Waals surface area contributed by atoms with Crippen LogP contribution in [-0.4, -0.2) is 41.0 Å². The molecule has 27 heavy (non-hydrogen) atoms. The summed E-state index contributed by atoms with van der Waals surface area (Å²) in [7, 11) is 0. The third-order valence-electron chi connectivity index (χ3n) is 4.77. The highest BCUT2D eigenvalue weighted by atomic mass is 16.5. The van der Waals surface area contributed by atoms with Crippen LogP contribution in [0.3, 0.4) is 0 Å². The van der Waals surface area contributed by atoms with E-state index in [1.165, 1.54) is 0 Å². The summed E-state index contributed by atoms with van der Waals surface area (Å²) >= 11 is 0. The lowest BCUT2D eigenvalue weighted by Gasteiger charge is -2.22. The van der Waals surface area contributed by atoms with Crippen LogP contribution >= 0.6 is 0 Å². The van der Waals surface area contributed by atoms with Gasteiger partial charge < -0.3 is 14.1 Å². The molecule has 0 atom stereocenters. The fourth-order valence-corrected chi connectivity index (χ4v) is 3.16. The maximum atomic E-state index is 12.6. The lowest BCUT2D eigenvalue weighted by Crippen LogP contribution is -2.35. The zero-order chi connectivity index (χ0) is 19.2. The molecule has 0 radical (unpaired) electrons. The molecule has 0 aliphatic heterocycles. The summed E-state index contributed by atoms with van der Waals surface area (Å²) in [6.45, 7) is 3.64. The minimum absolute atomic E-state index is 0.0204. The Hall–Kier alpha value is -2.57. The number of hydrogen-bond donors (Lipinski definition) is 0. The van der Waals surface area contributed by atoms with Gasteiger partial charge in [-0.2, -0.15) is 0 Å². The van der Waals surface area contributed by atoms with Crippen LogP contribution in [0.1, 0.15) is 39.0 Å². The van der Waals surface area contributed by atoms with Crippen molar-refractivity contribution in [3.63, 3.8) is 0 Å². The first kappa shape index (κ1) is 19.2. The first-order chi connectivity index (χ1) is 13.1. The smallest absolute Gasteiger partial charge is 0.419 e. The molecule has 1 saturated carbocycles. The molecule has 0 bridgehead atoms. The third kappa shape index (κ3) is 5.21. The Bertz CT molecular complexity index is 849. The summed E-state index contributed by atoms with van der Waals surface area (Å²) in [4.78, 5) is 38.0. The molecule has 2 aromatic rings. The van der Waals surface area contributed by atoms with Gasteiger partial charge in [-0.3, -0.25) is 14.2 Å². The molecule has 1 amide bonds. The minimum atomic E-state index is -0.402. The second-order valence-electron chi connectivity index (χ2n) is 6.93. The van der Waals surface area contributed by atoms with Gasteiger partial charge in [0.1, 0.15) is 0 Å². The Balaban J connectivity index is 1.54. The van der Waals surface area contributed by atoms with Crippen molar-refractivity contribution >= 4 is 23.0 Å². The number of oxazole rings is 1. The SMILES string of the molecule is CCOC(=O)CCN(CC1CC1)C(=O)CCCn1c(=O)oc2ccccc21. The Morgan fingerprint density at radius 2 is 2.04 bits per heavy atom. The molecule has 7 nitrogen and oxygen atoms in total. The van der Waals surface area contributed by atoms with E-state index < -0.39 is 5.76 Å². The number of carbonyl (C=O) groups is 2. The number of aryl methyl sites for hydroxylation is 1. The van der Waals surface area contributed by atoms with Gasteiger partial charge in [0.25, 0.3) is 0 Å². The number of nitrogens with zero attached hydrogens (tertiary/aromatic N) is 2. The van der Waals surface area contributed by atoms with E-state index >= 15 is 0 Å². The van der Waals surface area contributed by atoms with Crippen molar-refractivity contribution in [1.82, 2.24) is 9.47 Å². The van der Waals surface area contributed by atoms with Crippen LogP contribution < -0.4 is 5.76 Å². The van der Waals surface area contributed by atoms with E-state index in [0.29, 0.717) is 50.6 Å². The highest BCUT2D eigenvalue weighted by Crippen LogP contribution is 2.30. The molecule has 0 spiro atoms. The van der Waals surface area contributed by atoms with Gasteiger partial charge in [-0.15, -0.1) is 0 Å². The zero-order valence-electron chi connectivity index (χ0n) is 15.7. The van der Waals surface area contributed by atoms with E-state index in [1.807, 2.05) is 18.2 Å². The predicted octanol–water partition coefficient (Wildman–Crippen LogP) is 2.57. The lowest BCUT2D eigenvalue weighted by atomic mass is 10.2. The average Bonchev–Trinajstić information content (AvgIpc) is 3.41. The maximum absolute atomic E-state index is 12.6. The Morgan fingerprint density at radius 1 is 1.26 bits per heavy atom. The summed E-state index contributed by atoms with van der Waals surface area (Å²) in [5.74, 6) is -0.105. The Morgan fingerprint density at radius 3 is 2.78 bits per heavy atom. The van der Waals surface area contributed by atoms with Crippen molar-refractivity contribution in [2.24, 2.45) is 5.92 Å². The maximum Gasteiger partial charge on any atom is 0.419 e. The second-order valence-corrected chi connectivity index (χ2v) is 6.93. The normalized spacial score (nSPS) is 13.7. The number of rotatable bonds is 10. The number of carbonyl (C=O) groups excluding carboxylic acids is 2. The quantitative estimate of drug-likeness (QED) is 0.597. The number of aromatic nitrogens is 1. The van der Waals surface area contributed by atoms with Gasteiger partial charge in [0, 0.05) is 26.1 Å². The monoisotopic (exact) mass is 374 g/mol. The van der Waals surface area contributed by atoms with Gasteiger partial charge >= 0.3 is 11.7 Å². The number of ether oxygens (including phenoxy) is 1. The van der Waals surface area contributed by atoms with E-state index in [1.54, 1.807) is 22.5 Å². The molecule has 1 heterocycles. The second kappa shape index (κ2) is 8.88. The first-order valence-corrected chi connectivity index (χ1v) is 9.60. The molecule has 7 heteroatoms. The van der Waals surface area contributed by atoms with Gasteiger partial charge in [-0.1, -0.05) is 12.1 Å². The summed E-state index contributed by atoms with van der Waals surface area (Å²) in [5.41, 5.74) is 1.30. The molecule has 146 valence electrons. The predicted molar refractivity (Wildman–Crippen MR) is 100 cm³/mol. The Kier molecular flexibility index (Phi) is 6.32. The molecular formula is C20H26N2O5. The summed E-state index contributed by atoms with van der Waals surface area (Å²) in [6.07, 6.45) is 3.38. The van der Waals surface area contributed by atoms with Crippen LogP contribution in [-0.2, 0) is 20.9 Å². The number of esters is 1. The average molecular weight is 374 g/mol. The van der Waals surface area contributed by atoms with Gasteiger partial charge in [-0.25, -0.2) is 4.79 Å². The minimum Gasteiger partial charge on any atom is -0.466 e. The first-order valence-electron chi connectivity index (χ1n) is 9.60. The molecular weight excluding hydrogens is 348 g/mol. The molecule has 3 rings (SSSR count). The van der Waals surface area contributed by atoms with E-state index in [4.69, 9.17) is 9.15 Å². The van der Waals surface area contributed by atoms with E-state index in [2.05, 4.69) is 0 Å². The molecule has 0 N–H and O–H groups in total. The molecule has 0 saturated heterocycles. The highest BCUT2D eigenvalue weighted by molar-refractivity contribution is 5.77. The fraction of sp³-hybridized carbons (Fsp3) is 0.550. The van der Waals surface area contributed by atoms with E-state index in [9.17, 15) is 14.4 Å². The van der Waals surface area contributed by atoms with E-state index in [0.717, 1.165) is 18.4 Å². The van der Waals surface area contributed by atoms with Gasteiger partial charge in [0.05, 0.1) is 18.5 Å². The molecule has 1 aliphatic carbocycles. The largest absolute Gasteiger partial charge is 0.466 e. The van der Waals surface area contributed by atoms with E-state index in [-0.39, 0.29) is 18.3 Å². The van der Waals surface area contributed by atoms with Gasteiger partial charge in [-0.05, 0) is 44.2 Å². The van der Waals surface area contributed by atoms with Crippen LogP contribution in [0.4, 0.5) is 0 Å². The summed E-state index contributed by atoms with van der Waals surface area (Å²) in [6, 6.07) is 7.26. The van der Waals surface area contributed by atoms with Crippen molar-refractivity contribution < 1.29 is 18.7 Å².